The molecule has 0 heterocycles. The number of benzene rings is 7. The normalized spacial score (nSPS) is 17.2. The zero-order chi connectivity index (χ0) is 36.6. The van der Waals surface area contributed by atoms with E-state index in [-0.39, 0.29) is 10.8 Å². The van der Waals surface area contributed by atoms with Gasteiger partial charge in [0, 0.05) is 45.0 Å². The van der Waals surface area contributed by atoms with E-state index < -0.39 is 0 Å². The molecular weight excluding hydrogens is 653 g/mol. The summed E-state index contributed by atoms with van der Waals surface area (Å²) in [6, 6.07) is 58.8. The molecule has 10 rings (SSSR count). The lowest BCUT2D eigenvalue weighted by atomic mass is 9.76. The maximum Gasteiger partial charge on any atom is 0.0497 e. The van der Waals surface area contributed by atoms with Crippen molar-refractivity contribution in [1.82, 2.24) is 0 Å². The lowest BCUT2D eigenvalue weighted by Crippen LogP contribution is -2.22. The summed E-state index contributed by atoms with van der Waals surface area (Å²) >= 11 is 0. The van der Waals surface area contributed by atoms with Crippen LogP contribution in [0.15, 0.2) is 158 Å². The van der Waals surface area contributed by atoms with Crippen LogP contribution in [-0.4, -0.2) is 0 Å². The van der Waals surface area contributed by atoms with E-state index in [1.54, 1.807) is 0 Å². The summed E-state index contributed by atoms with van der Waals surface area (Å²) in [6.45, 7) is 9.38. The molecule has 0 saturated heterocycles. The van der Waals surface area contributed by atoms with Crippen molar-refractivity contribution < 1.29 is 0 Å². The fourth-order valence-corrected chi connectivity index (χ4v) is 10.3. The molecule has 7 aromatic rings. The molecule has 2 heteroatoms. The average molecular weight is 699 g/mol. The van der Waals surface area contributed by atoms with Gasteiger partial charge < -0.3 is 9.80 Å². The van der Waals surface area contributed by atoms with Gasteiger partial charge in [-0.3, -0.25) is 0 Å². The highest BCUT2D eigenvalue weighted by Gasteiger charge is 2.45. The van der Waals surface area contributed by atoms with Crippen LogP contribution < -0.4 is 9.80 Å². The lowest BCUT2D eigenvalue weighted by Gasteiger charge is -2.32. The van der Waals surface area contributed by atoms with Crippen LogP contribution in [-0.2, 0) is 23.7 Å². The molecule has 0 radical (unpaired) electrons. The highest BCUT2D eigenvalue weighted by Crippen LogP contribution is 2.56. The summed E-state index contributed by atoms with van der Waals surface area (Å²) < 4.78 is 0. The van der Waals surface area contributed by atoms with Crippen LogP contribution in [0, 0.1) is 13.8 Å². The topological polar surface area (TPSA) is 6.48 Å². The summed E-state index contributed by atoms with van der Waals surface area (Å²) in [6.07, 6.45) is 4.51. The molecule has 54 heavy (non-hydrogen) atoms. The number of hydrogen-bond donors (Lipinski definition) is 0. The highest BCUT2D eigenvalue weighted by atomic mass is 15.1. The minimum Gasteiger partial charge on any atom is -0.310 e. The largest absolute Gasteiger partial charge is 0.310 e. The third-order valence-electron chi connectivity index (χ3n) is 13.0. The van der Waals surface area contributed by atoms with E-state index in [0.29, 0.717) is 0 Å². The maximum absolute atomic E-state index is 2.55. The first-order valence-electron chi connectivity index (χ1n) is 19.6. The Balaban J connectivity index is 1.12. The van der Waals surface area contributed by atoms with Gasteiger partial charge in [0.25, 0.3) is 0 Å². The summed E-state index contributed by atoms with van der Waals surface area (Å²) in [5.41, 5.74) is 21.5. The maximum atomic E-state index is 2.55. The van der Waals surface area contributed by atoms with Crippen molar-refractivity contribution in [3.63, 3.8) is 0 Å². The van der Waals surface area contributed by atoms with Crippen molar-refractivity contribution in [3.05, 3.63) is 202 Å². The molecular formula is C52H46N2. The second-order valence-corrected chi connectivity index (χ2v) is 16.2. The van der Waals surface area contributed by atoms with Gasteiger partial charge in [-0.2, -0.15) is 0 Å². The lowest BCUT2D eigenvalue weighted by molar-refractivity contribution is 0.507. The Morgan fingerprint density at radius 3 is 1.48 bits per heavy atom. The summed E-state index contributed by atoms with van der Waals surface area (Å²) in [5, 5.41) is 0. The monoisotopic (exact) mass is 698 g/mol. The van der Waals surface area contributed by atoms with E-state index in [0.717, 1.165) is 25.7 Å². The predicted molar refractivity (Wildman–Crippen MR) is 227 cm³/mol. The predicted octanol–water partition coefficient (Wildman–Crippen LogP) is 13.7. The second kappa shape index (κ2) is 12.4. The molecule has 2 nitrogen and oxygen atoms in total. The number of anilines is 6. The van der Waals surface area contributed by atoms with Gasteiger partial charge in [-0.1, -0.05) is 105 Å². The van der Waals surface area contributed by atoms with Gasteiger partial charge >= 0.3 is 0 Å². The van der Waals surface area contributed by atoms with E-state index in [9.17, 15) is 0 Å². The SMILES string of the molecule is Cc1cccc2c1-c1c(ccc(N(c3ccccc3)c3ccc4c(c3)[C@]3(CCc5ccc(N(c6ccccc6)c6ccccc6)cc53)CC4)c1C)C2(C)C. The smallest absolute Gasteiger partial charge is 0.0497 e. The second-order valence-electron chi connectivity index (χ2n) is 16.2. The van der Waals surface area contributed by atoms with Crippen molar-refractivity contribution in [2.75, 3.05) is 9.80 Å². The van der Waals surface area contributed by atoms with Crippen LogP contribution in [0.2, 0.25) is 0 Å². The molecule has 1 atom stereocenters. The van der Waals surface area contributed by atoms with Gasteiger partial charge in [-0.15, -0.1) is 0 Å². The molecule has 264 valence electrons. The number of rotatable bonds is 6. The van der Waals surface area contributed by atoms with Crippen LogP contribution in [0.3, 0.4) is 0 Å². The van der Waals surface area contributed by atoms with Gasteiger partial charge in [-0.25, -0.2) is 0 Å². The number of fused-ring (bicyclic) bond motifs is 7. The number of aryl methyl sites for hydroxylation is 3. The van der Waals surface area contributed by atoms with E-state index in [1.807, 2.05) is 0 Å². The number of hydrogen-bond acceptors (Lipinski definition) is 2. The summed E-state index contributed by atoms with van der Waals surface area (Å²) in [5.74, 6) is 0. The van der Waals surface area contributed by atoms with E-state index in [4.69, 9.17) is 0 Å². The molecule has 0 saturated carbocycles. The van der Waals surface area contributed by atoms with E-state index in [1.165, 1.54) is 89.8 Å². The third-order valence-corrected chi connectivity index (χ3v) is 13.0. The van der Waals surface area contributed by atoms with E-state index >= 15 is 0 Å². The van der Waals surface area contributed by atoms with Crippen molar-refractivity contribution in [1.29, 1.82) is 0 Å². The first kappa shape index (κ1) is 32.8. The van der Waals surface area contributed by atoms with Crippen LogP contribution >= 0.6 is 0 Å². The molecule has 0 aromatic heterocycles. The van der Waals surface area contributed by atoms with Crippen molar-refractivity contribution >= 4 is 34.1 Å². The molecule has 0 bridgehead atoms. The van der Waals surface area contributed by atoms with Crippen LogP contribution in [0.5, 0.6) is 0 Å². The van der Waals surface area contributed by atoms with Crippen LogP contribution in [0.25, 0.3) is 11.1 Å². The Kier molecular flexibility index (Phi) is 7.49. The Morgan fingerprint density at radius 2 is 0.926 bits per heavy atom. The Bertz CT molecular complexity index is 2510. The molecule has 3 aliphatic rings. The van der Waals surface area contributed by atoms with Crippen LogP contribution in [0.4, 0.5) is 34.1 Å². The standard InChI is InChI=1S/C52H46N2/c1-35-15-14-22-44-49(35)50-36(2)48(28-27-45(50)51(44,3)4)54(41-20-12-7-13-21-41)43-26-24-38-30-32-52(47(38)34-43)31-29-37-23-25-42(33-46(37)52)53(39-16-8-5-9-17-39)40-18-10-6-11-19-40/h5-28,33-34H,29-32H2,1-4H3/t52-/m1/s1. The fourth-order valence-electron chi connectivity index (χ4n) is 10.3. The zero-order valence-corrected chi connectivity index (χ0v) is 31.7. The first-order valence-corrected chi connectivity index (χ1v) is 19.6. The van der Waals surface area contributed by atoms with Crippen molar-refractivity contribution in [2.24, 2.45) is 0 Å². The Morgan fingerprint density at radius 1 is 0.426 bits per heavy atom. The fraction of sp³-hybridized carbons (Fsp3) is 0.192. The average Bonchev–Trinajstić information content (AvgIpc) is 3.84. The van der Waals surface area contributed by atoms with Crippen molar-refractivity contribution in [3.8, 4) is 11.1 Å². The molecule has 0 unspecified atom stereocenters. The third kappa shape index (κ3) is 4.86. The molecule has 1 spiro atoms. The molecule has 0 aliphatic heterocycles. The Hall–Kier alpha value is -5.86. The minimum atomic E-state index is -0.0389. The molecule has 0 fully saturated rings. The highest BCUT2D eigenvalue weighted by molar-refractivity contribution is 5.91. The summed E-state index contributed by atoms with van der Waals surface area (Å²) in [4.78, 5) is 4.93. The molecule has 0 N–H and O–H groups in total. The minimum absolute atomic E-state index is 0.00878. The van der Waals surface area contributed by atoms with Crippen molar-refractivity contribution in [2.45, 2.75) is 64.2 Å². The molecule has 3 aliphatic carbocycles. The molecule has 0 amide bonds. The van der Waals surface area contributed by atoms with Gasteiger partial charge in [0.1, 0.15) is 0 Å². The zero-order valence-electron chi connectivity index (χ0n) is 31.7. The number of nitrogens with zero attached hydrogens (tertiary/aromatic N) is 2. The Labute approximate surface area is 320 Å². The quantitative estimate of drug-likeness (QED) is 0.171. The van der Waals surface area contributed by atoms with Gasteiger partial charge in [0.05, 0.1) is 0 Å². The van der Waals surface area contributed by atoms with Gasteiger partial charge in [-0.05, 0) is 162 Å². The first-order chi connectivity index (χ1) is 26.3. The van der Waals surface area contributed by atoms with E-state index in [2.05, 4.69) is 195 Å². The van der Waals surface area contributed by atoms with Gasteiger partial charge in [0.2, 0.25) is 0 Å². The summed E-state index contributed by atoms with van der Waals surface area (Å²) in [7, 11) is 0. The van der Waals surface area contributed by atoms with Gasteiger partial charge in [0.15, 0.2) is 0 Å². The number of para-hydroxylation sites is 3. The molecule has 7 aromatic carbocycles. The van der Waals surface area contributed by atoms with Crippen LogP contribution in [0.1, 0.15) is 71.2 Å².